The van der Waals surface area contributed by atoms with Crippen LogP contribution in [0.1, 0.15) is 24.3 Å². The molecule has 128 valence electrons. The Labute approximate surface area is 150 Å². The van der Waals surface area contributed by atoms with E-state index < -0.39 is 5.91 Å². The lowest BCUT2D eigenvalue weighted by molar-refractivity contribution is 0.102. The number of nitrogens with one attached hydrogen (secondary N) is 1. The number of rotatable bonds is 4. The Bertz CT molecular complexity index is 927. The molecule has 2 N–H and O–H groups in total. The largest absolute Gasteiger partial charge is 0.505 e. The fourth-order valence-electron chi connectivity index (χ4n) is 2.45. The van der Waals surface area contributed by atoms with E-state index in [0.29, 0.717) is 22.2 Å². The molecule has 0 atom stereocenters. The molecule has 0 aliphatic heterocycles. The van der Waals surface area contributed by atoms with Crippen LogP contribution in [-0.2, 0) is 0 Å². The van der Waals surface area contributed by atoms with Gasteiger partial charge in [-0.05, 0) is 44.2 Å². The van der Waals surface area contributed by atoms with E-state index in [-0.39, 0.29) is 22.7 Å². The maximum atomic E-state index is 12.4. The molecule has 0 bridgehead atoms. The number of carbonyl (C=O) groups is 1. The molecule has 1 aromatic heterocycles. The van der Waals surface area contributed by atoms with Gasteiger partial charge in [-0.15, -0.1) is 0 Å². The maximum Gasteiger partial charge on any atom is 0.278 e. The van der Waals surface area contributed by atoms with Crippen molar-refractivity contribution in [1.82, 2.24) is 4.98 Å². The molecule has 0 spiro atoms. The van der Waals surface area contributed by atoms with Crippen molar-refractivity contribution in [2.24, 2.45) is 0 Å². The van der Waals surface area contributed by atoms with Gasteiger partial charge in [0.25, 0.3) is 5.91 Å². The molecule has 3 aromatic rings. The third-order valence-electron chi connectivity index (χ3n) is 3.52. The van der Waals surface area contributed by atoms with Gasteiger partial charge in [-0.3, -0.25) is 4.79 Å². The average molecular weight is 357 g/mol. The van der Waals surface area contributed by atoms with Crippen molar-refractivity contribution in [1.29, 1.82) is 0 Å². The Morgan fingerprint density at radius 2 is 1.88 bits per heavy atom. The average Bonchev–Trinajstić information content (AvgIpc) is 2.58. The van der Waals surface area contributed by atoms with Gasteiger partial charge in [-0.25, -0.2) is 4.98 Å². The SMILES string of the molecule is CC(C)Oc1ccc2c(O)c(C(=O)Nc3ccccc3)nc(Cl)c2c1. The predicted molar refractivity (Wildman–Crippen MR) is 98.6 cm³/mol. The number of anilines is 1. The van der Waals surface area contributed by atoms with Crippen molar-refractivity contribution in [3.8, 4) is 11.5 Å². The van der Waals surface area contributed by atoms with E-state index >= 15 is 0 Å². The zero-order valence-electron chi connectivity index (χ0n) is 13.8. The zero-order valence-corrected chi connectivity index (χ0v) is 14.5. The number of nitrogens with zero attached hydrogens (tertiary/aromatic N) is 1. The molecule has 0 fully saturated rings. The molecule has 1 amide bonds. The number of ether oxygens (including phenoxy) is 1. The first kappa shape index (κ1) is 17.0. The summed E-state index contributed by atoms with van der Waals surface area (Å²) < 4.78 is 5.63. The number of pyridine rings is 1. The number of benzene rings is 2. The highest BCUT2D eigenvalue weighted by atomic mass is 35.5. The van der Waals surface area contributed by atoms with Crippen LogP contribution in [0.3, 0.4) is 0 Å². The first-order valence-corrected chi connectivity index (χ1v) is 8.19. The lowest BCUT2D eigenvalue weighted by Crippen LogP contribution is -2.14. The second kappa shape index (κ2) is 6.99. The molecule has 3 rings (SSSR count). The van der Waals surface area contributed by atoms with Crippen LogP contribution in [0.2, 0.25) is 5.15 Å². The number of aromatic nitrogens is 1. The van der Waals surface area contributed by atoms with Gasteiger partial charge in [0.05, 0.1) is 6.10 Å². The minimum Gasteiger partial charge on any atom is -0.505 e. The lowest BCUT2D eigenvalue weighted by atomic mass is 10.1. The smallest absolute Gasteiger partial charge is 0.278 e. The monoisotopic (exact) mass is 356 g/mol. The van der Waals surface area contributed by atoms with Crippen LogP contribution in [-0.4, -0.2) is 22.1 Å². The minimum atomic E-state index is -0.532. The number of hydrogen-bond acceptors (Lipinski definition) is 4. The number of hydrogen-bond donors (Lipinski definition) is 2. The molecule has 0 radical (unpaired) electrons. The van der Waals surface area contributed by atoms with Crippen molar-refractivity contribution in [2.75, 3.05) is 5.32 Å². The number of halogens is 1. The molecule has 2 aromatic carbocycles. The van der Waals surface area contributed by atoms with Crippen molar-refractivity contribution in [2.45, 2.75) is 20.0 Å². The summed E-state index contributed by atoms with van der Waals surface area (Å²) in [4.78, 5) is 16.5. The number of aromatic hydroxyl groups is 1. The fourth-order valence-corrected chi connectivity index (χ4v) is 2.70. The van der Waals surface area contributed by atoms with Gasteiger partial charge in [0.15, 0.2) is 11.4 Å². The van der Waals surface area contributed by atoms with Crippen molar-refractivity contribution >= 4 is 34.0 Å². The summed E-state index contributed by atoms with van der Waals surface area (Å²) in [5.41, 5.74) is 0.476. The summed E-state index contributed by atoms with van der Waals surface area (Å²) in [6, 6.07) is 14.0. The Morgan fingerprint density at radius 1 is 1.16 bits per heavy atom. The van der Waals surface area contributed by atoms with E-state index in [2.05, 4.69) is 10.3 Å². The van der Waals surface area contributed by atoms with Crippen LogP contribution in [0.4, 0.5) is 5.69 Å². The van der Waals surface area contributed by atoms with E-state index in [0.717, 1.165) is 0 Å². The molecule has 5 nitrogen and oxygen atoms in total. The molecular weight excluding hydrogens is 340 g/mol. The van der Waals surface area contributed by atoms with E-state index in [9.17, 15) is 9.90 Å². The van der Waals surface area contributed by atoms with Crippen molar-refractivity contribution in [3.63, 3.8) is 0 Å². The standard InChI is InChI=1S/C19H17ClN2O3/c1-11(2)25-13-8-9-14-15(10-13)18(20)22-16(17(14)23)19(24)21-12-6-4-3-5-7-12/h3-11,23H,1-2H3,(H,21,24). The van der Waals surface area contributed by atoms with Crippen LogP contribution in [0.25, 0.3) is 10.8 Å². The number of para-hydroxylation sites is 1. The summed E-state index contributed by atoms with van der Waals surface area (Å²) in [7, 11) is 0. The first-order chi connectivity index (χ1) is 12.0. The third-order valence-corrected chi connectivity index (χ3v) is 3.81. The molecule has 25 heavy (non-hydrogen) atoms. The van der Waals surface area contributed by atoms with E-state index in [1.165, 1.54) is 0 Å². The molecule has 0 unspecified atom stereocenters. The highest BCUT2D eigenvalue weighted by molar-refractivity contribution is 6.35. The van der Waals surface area contributed by atoms with Gasteiger partial charge in [0.1, 0.15) is 10.9 Å². The highest BCUT2D eigenvalue weighted by Crippen LogP contribution is 2.34. The third kappa shape index (κ3) is 3.67. The van der Waals surface area contributed by atoms with Crippen LogP contribution in [0.15, 0.2) is 48.5 Å². The quantitative estimate of drug-likeness (QED) is 0.668. The maximum absolute atomic E-state index is 12.4. The second-order valence-electron chi connectivity index (χ2n) is 5.79. The fraction of sp³-hybridized carbons (Fsp3) is 0.158. The summed E-state index contributed by atoms with van der Waals surface area (Å²) in [6.07, 6.45) is 0.00806. The number of fused-ring (bicyclic) bond motifs is 1. The Balaban J connectivity index is 2.00. The zero-order chi connectivity index (χ0) is 18.0. The van der Waals surface area contributed by atoms with Gasteiger partial charge in [-0.2, -0.15) is 0 Å². The van der Waals surface area contributed by atoms with Crippen molar-refractivity contribution in [3.05, 3.63) is 59.4 Å². The highest BCUT2D eigenvalue weighted by Gasteiger charge is 2.19. The van der Waals surface area contributed by atoms with Crippen LogP contribution in [0, 0.1) is 0 Å². The summed E-state index contributed by atoms with van der Waals surface area (Å²) in [5, 5.41) is 14.2. The molecule has 0 saturated carbocycles. The van der Waals surface area contributed by atoms with Crippen LogP contribution >= 0.6 is 11.6 Å². The van der Waals surface area contributed by atoms with E-state index in [1.54, 1.807) is 42.5 Å². The van der Waals surface area contributed by atoms with Gasteiger partial charge in [-0.1, -0.05) is 29.8 Å². The van der Waals surface area contributed by atoms with Gasteiger partial charge >= 0.3 is 0 Å². The molecule has 1 heterocycles. The lowest BCUT2D eigenvalue weighted by Gasteiger charge is -2.13. The van der Waals surface area contributed by atoms with Gasteiger partial charge < -0.3 is 15.2 Å². The molecule has 6 heteroatoms. The van der Waals surface area contributed by atoms with Crippen LogP contribution in [0.5, 0.6) is 11.5 Å². The number of amides is 1. The topological polar surface area (TPSA) is 71.5 Å². The Morgan fingerprint density at radius 3 is 2.56 bits per heavy atom. The number of carbonyl (C=O) groups excluding carboxylic acids is 1. The molecular formula is C19H17ClN2O3. The Hall–Kier alpha value is -2.79. The van der Waals surface area contributed by atoms with Gasteiger partial charge in [0.2, 0.25) is 0 Å². The summed E-state index contributed by atoms with van der Waals surface area (Å²) in [5.74, 6) is -0.133. The Kier molecular flexibility index (Phi) is 4.76. The minimum absolute atomic E-state index is 0.00806. The van der Waals surface area contributed by atoms with Crippen molar-refractivity contribution < 1.29 is 14.6 Å². The van der Waals surface area contributed by atoms with E-state index in [1.807, 2.05) is 19.9 Å². The van der Waals surface area contributed by atoms with E-state index in [4.69, 9.17) is 16.3 Å². The molecule has 0 aliphatic rings. The summed E-state index contributed by atoms with van der Waals surface area (Å²) in [6.45, 7) is 3.83. The summed E-state index contributed by atoms with van der Waals surface area (Å²) >= 11 is 6.23. The molecule has 0 saturated heterocycles. The normalized spacial score (nSPS) is 10.9. The second-order valence-corrected chi connectivity index (χ2v) is 6.15. The first-order valence-electron chi connectivity index (χ1n) is 7.81. The molecule has 0 aliphatic carbocycles. The van der Waals surface area contributed by atoms with Crippen LogP contribution < -0.4 is 10.1 Å². The van der Waals surface area contributed by atoms with Gasteiger partial charge in [0, 0.05) is 16.5 Å². The predicted octanol–water partition coefficient (Wildman–Crippen LogP) is 4.63.